The van der Waals surface area contributed by atoms with Gasteiger partial charge in [-0.15, -0.1) is 0 Å². The van der Waals surface area contributed by atoms with E-state index in [0.717, 1.165) is 16.7 Å². The minimum atomic E-state index is -4.31. The summed E-state index contributed by atoms with van der Waals surface area (Å²) in [5.41, 5.74) is -2.19. The van der Waals surface area contributed by atoms with Crippen LogP contribution in [0.2, 0.25) is 0 Å². The molecule has 0 radical (unpaired) electrons. The van der Waals surface area contributed by atoms with E-state index < -0.39 is 11.0 Å². The molecule has 0 spiro atoms. The molecule has 3 aromatic carbocycles. The second-order valence-corrected chi connectivity index (χ2v) is 7.61. The monoisotopic (exact) mass is 399 g/mol. The van der Waals surface area contributed by atoms with Gasteiger partial charge in [-0.3, -0.25) is 4.99 Å². The van der Waals surface area contributed by atoms with Crippen molar-refractivity contribution in [2.75, 3.05) is 5.75 Å². The maximum atomic E-state index is 13.0. The van der Waals surface area contributed by atoms with Gasteiger partial charge in [0.05, 0.1) is 11.3 Å². The molecule has 1 atom stereocenters. The van der Waals surface area contributed by atoms with E-state index in [4.69, 9.17) is 4.99 Å². The summed E-state index contributed by atoms with van der Waals surface area (Å²) in [6.45, 7) is 1.76. The first-order chi connectivity index (χ1) is 13.4. The molecule has 0 aromatic heterocycles. The number of halogens is 3. The molecule has 28 heavy (non-hydrogen) atoms. The summed E-state index contributed by atoms with van der Waals surface area (Å²) in [5, 5.41) is 0. The van der Waals surface area contributed by atoms with Crippen LogP contribution in [0.15, 0.2) is 96.0 Å². The molecule has 0 amide bonds. The Hall–Kier alpha value is -2.53. The molecule has 0 fully saturated rings. The number of hydrogen-bond acceptors (Lipinski definition) is 2. The highest BCUT2D eigenvalue weighted by Crippen LogP contribution is 2.38. The third-order valence-electron chi connectivity index (χ3n) is 4.37. The molecule has 0 aliphatic carbocycles. The number of thioether (sulfide) groups is 1. The molecule has 3 aromatic rings. The van der Waals surface area contributed by atoms with E-state index in [1.54, 1.807) is 6.92 Å². The van der Waals surface area contributed by atoms with E-state index >= 15 is 0 Å². The van der Waals surface area contributed by atoms with Crippen LogP contribution in [0.3, 0.4) is 0 Å². The van der Waals surface area contributed by atoms with Gasteiger partial charge in [0.25, 0.3) is 0 Å². The van der Waals surface area contributed by atoms with Crippen molar-refractivity contribution in [3.63, 3.8) is 0 Å². The van der Waals surface area contributed by atoms with Crippen molar-refractivity contribution in [3.8, 4) is 0 Å². The maximum Gasteiger partial charge on any atom is 0.441 e. The van der Waals surface area contributed by atoms with E-state index in [0.29, 0.717) is 5.71 Å². The van der Waals surface area contributed by atoms with E-state index in [9.17, 15) is 13.2 Å². The predicted octanol–water partition coefficient (Wildman–Crippen LogP) is 6.69. The Morgan fingerprint density at radius 3 is 1.61 bits per heavy atom. The average molecular weight is 399 g/mol. The van der Waals surface area contributed by atoms with Crippen molar-refractivity contribution < 1.29 is 13.2 Å². The lowest BCUT2D eigenvalue weighted by molar-refractivity contribution is -0.0330. The zero-order valence-electron chi connectivity index (χ0n) is 15.4. The highest BCUT2D eigenvalue weighted by molar-refractivity contribution is 8.00. The van der Waals surface area contributed by atoms with Gasteiger partial charge in [0.1, 0.15) is 0 Å². The topological polar surface area (TPSA) is 12.4 Å². The first kappa shape index (κ1) is 20.2. The normalized spacial score (nSPS) is 13.6. The lowest BCUT2D eigenvalue weighted by Gasteiger charge is -2.28. The van der Waals surface area contributed by atoms with Crippen LogP contribution in [0, 0.1) is 0 Å². The molecular weight excluding hydrogens is 379 g/mol. The summed E-state index contributed by atoms with van der Waals surface area (Å²) in [4.78, 5) is 4.92. The summed E-state index contributed by atoms with van der Waals surface area (Å²) >= 11 is -0.0394. The smallest absolute Gasteiger partial charge is 0.272 e. The van der Waals surface area contributed by atoms with Gasteiger partial charge >= 0.3 is 5.51 Å². The molecule has 0 N–H and O–H groups in total. The van der Waals surface area contributed by atoms with Gasteiger partial charge in [0.2, 0.25) is 0 Å². The third kappa shape index (κ3) is 5.26. The molecule has 0 aliphatic heterocycles. The zero-order chi connectivity index (χ0) is 20.0. The summed E-state index contributed by atoms with van der Waals surface area (Å²) in [5.74, 6) is -0.205. The van der Waals surface area contributed by atoms with Crippen molar-refractivity contribution >= 4 is 17.5 Å². The molecule has 3 rings (SSSR count). The minimum Gasteiger partial charge on any atom is -0.272 e. The van der Waals surface area contributed by atoms with Gasteiger partial charge in [-0.1, -0.05) is 91.0 Å². The quantitative estimate of drug-likeness (QED) is 0.421. The second kappa shape index (κ2) is 8.65. The Labute approximate surface area is 167 Å². The van der Waals surface area contributed by atoms with Crippen molar-refractivity contribution in [2.24, 2.45) is 4.99 Å². The van der Waals surface area contributed by atoms with Gasteiger partial charge in [-0.2, -0.15) is 13.2 Å². The van der Waals surface area contributed by atoms with Crippen LogP contribution in [0.5, 0.6) is 0 Å². The Kier molecular flexibility index (Phi) is 6.25. The molecular formula is C23H20F3NS. The Bertz CT molecular complexity index is 867. The number of hydrogen-bond donors (Lipinski definition) is 0. The fraction of sp³-hybridized carbons (Fsp3) is 0.174. The second-order valence-electron chi connectivity index (χ2n) is 6.57. The van der Waals surface area contributed by atoms with Gasteiger partial charge in [-0.05, 0) is 24.2 Å². The standard InChI is InChI=1S/C23H20F3NS/c1-22(17-28-23(24,25)26,20-15-9-4-10-16-20)27-21(18-11-5-2-6-12-18)19-13-7-3-8-14-19/h2-16H,17H2,1H3. The van der Waals surface area contributed by atoms with E-state index in [1.165, 1.54) is 0 Å². The number of benzene rings is 3. The number of aliphatic imine (C=N–C) groups is 1. The highest BCUT2D eigenvalue weighted by atomic mass is 32.2. The van der Waals surface area contributed by atoms with Crippen molar-refractivity contribution in [3.05, 3.63) is 108 Å². The van der Waals surface area contributed by atoms with E-state index in [1.807, 2.05) is 91.0 Å². The van der Waals surface area contributed by atoms with Gasteiger partial charge < -0.3 is 0 Å². The molecule has 1 unspecified atom stereocenters. The van der Waals surface area contributed by atoms with Crippen molar-refractivity contribution in [1.29, 1.82) is 0 Å². The van der Waals surface area contributed by atoms with Crippen LogP contribution in [0.25, 0.3) is 0 Å². The van der Waals surface area contributed by atoms with Crippen LogP contribution in [-0.2, 0) is 5.54 Å². The van der Waals surface area contributed by atoms with Crippen molar-refractivity contribution in [2.45, 2.75) is 18.0 Å². The predicted molar refractivity (Wildman–Crippen MR) is 111 cm³/mol. The SMILES string of the molecule is CC(CSC(F)(F)F)(N=C(c1ccccc1)c1ccccc1)c1ccccc1. The lowest BCUT2D eigenvalue weighted by Crippen LogP contribution is -2.27. The molecule has 144 valence electrons. The largest absolute Gasteiger partial charge is 0.441 e. The molecule has 5 heteroatoms. The van der Waals surface area contributed by atoms with Gasteiger partial charge in [0, 0.05) is 16.9 Å². The van der Waals surface area contributed by atoms with Gasteiger partial charge in [-0.25, -0.2) is 0 Å². The lowest BCUT2D eigenvalue weighted by atomic mass is 9.93. The number of rotatable bonds is 6. The summed E-state index contributed by atoms with van der Waals surface area (Å²) < 4.78 is 39.0. The summed E-state index contributed by atoms with van der Waals surface area (Å²) in [7, 11) is 0. The fourth-order valence-corrected chi connectivity index (χ4v) is 3.61. The fourth-order valence-electron chi connectivity index (χ4n) is 2.93. The van der Waals surface area contributed by atoms with Crippen LogP contribution >= 0.6 is 11.8 Å². The minimum absolute atomic E-state index is 0.0394. The molecule has 0 bridgehead atoms. The molecule has 0 saturated carbocycles. The van der Waals surface area contributed by atoms with Crippen LogP contribution in [0.1, 0.15) is 23.6 Å². The molecule has 0 aliphatic rings. The van der Waals surface area contributed by atoms with Crippen LogP contribution in [0.4, 0.5) is 13.2 Å². The number of nitrogens with zero attached hydrogens (tertiary/aromatic N) is 1. The maximum absolute atomic E-state index is 13.0. The molecule has 0 heterocycles. The summed E-state index contributed by atoms with van der Waals surface area (Å²) in [6, 6.07) is 28.3. The number of alkyl halides is 3. The van der Waals surface area contributed by atoms with Crippen LogP contribution in [-0.4, -0.2) is 17.0 Å². The molecule has 1 nitrogen and oxygen atoms in total. The first-order valence-electron chi connectivity index (χ1n) is 8.84. The first-order valence-corrected chi connectivity index (χ1v) is 9.83. The zero-order valence-corrected chi connectivity index (χ0v) is 16.2. The average Bonchev–Trinajstić information content (AvgIpc) is 2.72. The Morgan fingerprint density at radius 1 is 0.750 bits per heavy atom. The highest BCUT2D eigenvalue weighted by Gasteiger charge is 2.35. The van der Waals surface area contributed by atoms with Crippen molar-refractivity contribution in [1.82, 2.24) is 0 Å². The Morgan fingerprint density at radius 2 is 1.18 bits per heavy atom. The Balaban J connectivity index is 2.14. The van der Waals surface area contributed by atoms with E-state index in [2.05, 4.69) is 0 Å². The van der Waals surface area contributed by atoms with E-state index in [-0.39, 0.29) is 17.5 Å². The summed E-state index contributed by atoms with van der Waals surface area (Å²) in [6.07, 6.45) is 0. The van der Waals surface area contributed by atoms with Crippen LogP contribution < -0.4 is 0 Å². The molecule has 0 saturated heterocycles. The third-order valence-corrected chi connectivity index (χ3v) is 5.40. The van der Waals surface area contributed by atoms with Gasteiger partial charge in [0.15, 0.2) is 0 Å².